The quantitative estimate of drug-likeness (QED) is 0.0642. The maximum Gasteiger partial charge on any atom is 0.414 e. The molecule has 1 N–H and O–H groups in total. The zero-order chi connectivity index (χ0) is 45.1. The van der Waals surface area contributed by atoms with Gasteiger partial charge in [0.05, 0.1) is 21.8 Å². The van der Waals surface area contributed by atoms with Gasteiger partial charge in [0.15, 0.2) is 5.82 Å². The first-order valence-corrected chi connectivity index (χ1v) is 22.7. The van der Waals surface area contributed by atoms with Crippen LogP contribution in [-0.2, 0) is 32.7 Å². The van der Waals surface area contributed by atoms with Gasteiger partial charge in [-0.2, -0.15) is 14.6 Å². The molecule has 2 bridgehead atoms. The third kappa shape index (κ3) is 8.68. The van der Waals surface area contributed by atoms with E-state index in [2.05, 4.69) is 20.8 Å². The average molecular weight is 891 g/mol. The van der Waals surface area contributed by atoms with Crippen molar-refractivity contribution in [1.82, 2.24) is 24.5 Å². The second kappa shape index (κ2) is 16.9. The van der Waals surface area contributed by atoms with Crippen molar-refractivity contribution in [3.63, 3.8) is 0 Å². The molecule has 0 saturated carbocycles. The molecule has 4 fully saturated rings. The minimum atomic E-state index is -4.30. The van der Waals surface area contributed by atoms with Gasteiger partial charge in [0, 0.05) is 60.8 Å². The summed E-state index contributed by atoms with van der Waals surface area (Å²) in [6.45, 7) is 10.3. The lowest BCUT2D eigenvalue weighted by molar-refractivity contribution is -0.162. The molecule has 0 spiro atoms. The Labute approximate surface area is 365 Å². The van der Waals surface area contributed by atoms with Crippen molar-refractivity contribution in [2.24, 2.45) is 10.8 Å². The topological polar surface area (TPSA) is 166 Å². The van der Waals surface area contributed by atoms with Crippen molar-refractivity contribution in [3.05, 3.63) is 47.9 Å². The Hall–Kier alpha value is -4.98. The molecular weight excluding hydrogens is 837 g/mol. The van der Waals surface area contributed by atoms with Crippen LogP contribution >= 0.6 is 7.75 Å². The molecule has 0 radical (unpaired) electrons. The summed E-state index contributed by atoms with van der Waals surface area (Å²) in [4.78, 5) is 43.3. The molecule has 4 aliphatic rings. The summed E-state index contributed by atoms with van der Waals surface area (Å²) in [5.74, 6) is 0.894. The Kier molecular flexibility index (Phi) is 11.9. The van der Waals surface area contributed by atoms with Gasteiger partial charge in [-0.1, -0.05) is 18.1 Å². The first-order chi connectivity index (χ1) is 29.8. The van der Waals surface area contributed by atoms with Crippen molar-refractivity contribution < 1.29 is 51.3 Å². The largest absolute Gasteiger partial charge is 0.508 e. The summed E-state index contributed by atoms with van der Waals surface area (Å²) >= 11 is 0. The van der Waals surface area contributed by atoms with Crippen LogP contribution < -0.4 is 9.64 Å². The number of hydrogen-bond donors (Lipinski definition) is 1. The Balaban J connectivity index is 1.15. The minimum Gasteiger partial charge on any atom is -0.508 e. The molecule has 4 aromatic rings. The van der Waals surface area contributed by atoms with Gasteiger partial charge in [-0.3, -0.25) is 28.5 Å². The van der Waals surface area contributed by atoms with Gasteiger partial charge in [-0.15, -0.1) is 6.42 Å². The van der Waals surface area contributed by atoms with Crippen LogP contribution in [0.5, 0.6) is 11.8 Å². The lowest BCUT2D eigenvalue weighted by Gasteiger charge is -2.43. The smallest absolute Gasteiger partial charge is 0.414 e. The zero-order valence-corrected chi connectivity index (χ0v) is 37.3. The van der Waals surface area contributed by atoms with E-state index in [9.17, 15) is 23.7 Å². The van der Waals surface area contributed by atoms with Crippen LogP contribution in [-0.4, -0.2) is 112 Å². The molecule has 2 aromatic carbocycles. The Morgan fingerprint density at radius 2 is 1.67 bits per heavy atom. The number of carbonyl (C=O) groups is 2. The minimum absolute atomic E-state index is 0.0944. The molecule has 8 rings (SSSR count). The molecule has 4 atom stereocenters. The first-order valence-electron chi connectivity index (χ1n) is 21.2. The molecule has 4 aliphatic heterocycles. The highest BCUT2D eigenvalue weighted by atomic mass is 31.2. The summed E-state index contributed by atoms with van der Waals surface area (Å²) in [7, 11) is -4.30. The number of terminal acetylenes is 1. The van der Waals surface area contributed by atoms with E-state index in [0.29, 0.717) is 48.0 Å². The first kappa shape index (κ1) is 44.6. The molecule has 63 heavy (non-hydrogen) atoms. The molecule has 0 aliphatic carbocycles. The fourth-order valence-electron chi connectivity index (χ4n) is 9.23. The number of piperazine rings is 1. The number of pyridine rings is 1. The molecule has 0 amide bonds. The number of benzene rings is 2. The lowest BCUT2D eigenvalue weighted by Crippen LogP contribution is -2.53. The predicted octanol–water partition coefficient (Wildman–Crippen LogP) is 7.51. The number of esters is 2. The van der Waals surface area contributed by atoms with Crippen LogP contribution in [0.1, 0.15) is 79.2 Å². The molecule has 6 heterocycles. The standard InChI is InChI=1S/C45H53F2N6O9P/c1-8-27-11-9-12-28-17-32(54)18-33(35(27)28)37-36(47)38-34(20-48-37)39(50-42(49-38)58-24-45-15-10-16-52(45)21-29(46)19-45)51-22-30-13-14-31(23-51)53(30)63(57,61-25-59-40(55)43(2,3)4)62-26-60-41(56)44(5,6)7/h1,9,11-12,17-18,20,29-31,54H,10,13-16,19,21-26H2,2-7H3/t29-,30?,31?,45+/m1/s1. The number of carbonyl (C=O) groups excluding carboxylic acids is 2. The number of aromatic nitrogens is 3. The molecule has 18 heteroatoms. The van der Waals surface area contributed by atoms with Gasteiger partial charge in [0.25, 0.3) is 0 Å². The number of ether oxygens (including phenoxy) is 3. The van der Waals surface area contributed by atoms with Gasteiger partial charge >= 0.3 is 25.7 Å². The van der Waals surface area contributed by atoms with Crippen molar-refractivity contribution in [2.75, 3.05) is 51.3 Å². The van der Waals surface area contributed by atoms with E-state index in [1.54, 1.807) is 70.5 Å². The van der Waals surface area contributed by atoms with E-state index >= 15 is 4.39 Å². The molecular formula is C45H53F2N6O9P. The molecule has 4 saturated heterocycles. The van der Waals surface area contributed by atoms with E-state index in [4.69, 9.17) is 34.7 Å². The van der Waals surface area contributed by atoms with Crippen LogP contribution in [0.15, 0.2) is 36.5 Å². The Morgan fingerprint density at radius 3 is 2.30 bits per heavy atom. The molecule has 2 aromatic heterocycles. The summed E-state index contributed by atoms with van der Waals surface area (Å²) < 4.78 is 77.1. The van der Waals surface area contributed by atoms with E-state index in [0.717, 1.165) is 19.4 Å². The number of aromatic hydroxyl groups is 1. The van der Waals surface area contributed by atoms with Crippen LogP contribution in [0.4, 0.5) is 14.6 Å². The fourth-order valence-corrected chi connectivity index (χ4v) is 11.1. The van der Waals surface area contributed by atoms with Gasteiger partial charge < -0.3 is 24.2 Å². The summed E-state index contributed by atoms with van der Waals surface area (Å²) in [6, 6.07) is 7.12. The highest BCUT2D eigenvalue weighted by Crippen LogP contribution is 2.59. The number of alkyl halides is 1. The average Bonchev–Trinajstić information content (AvgIpc) is 3.85. The normalized spacial score (nSPS) is 23.0. The number of hydrogen-bond acceptors (Lipinski definition) is 14. The van der Waals surface area contributed by atoms with Crippen LogP contribution in [0.2, 0.25) is 0 Å². The molecule has 2 unspecified atom stereocenters. The number of nitrogens with zero attached hydrogens (tertiary/aromatic N) is 6. The molecule has 15 nitrogen and oxygen atoms in total. The Bertz CT molecular complexity index is 2490. The second-order valence-electron chi connectivity index (χ2n) is 18.9. The summed E-state index contributed by atoms with van der Waals surface area (Å²) in [5.41, 5.74) is -1.70. The SMILES string of the molecule is C#Cc1cccc2cc(O)cc(-c3ncc4c(N5CC6CCC(C5)N6P(=O)(OCOC(=O)C(C)(C)C)OCOC(=O)C(C)(C)C)nc(OC[C@@]56CCCN5C[C@H](F)C6)nc4c3F)c12. The predicted molar refractivity (Wildman–Crippen MR) is 230 cm³/mol. The van der Waals surface area contributed by atoms with Crippen molar-refractivity contribution in [2.45, 2.75) is 97.4 Å². The highest BCUT2D eigenvalue weighted by molar-refractivity contribution is 7.51. The van der Waals surface area contributed by atoms with Gasteiger partial charge in [0.2, 0.25) is 13.6 Å². The van der Waals surface area contributed by atoms with Crippen molar-refractivity contribution in [1.29, 1.82) is 0 Å². The van der Waals surface area contributed by atoms with Gasteiger partial charge in [-0.05, 0) is 97.4 Å². The van der Waals surface area contributed by atoms with E-state index in [1.807, 2.05) is 4.90 Å². The van der Waals surface area contributed by atoms with Gasteiger partial charge in [-0.25, -0.2) is 13.3 Å². The summed E-state index contributed by atoms with van der Waals surface area (Å²) in [5, 5.41) is 12.1. The van der Waals surface area contributed by atoms with Crippen LogP contribution in [0.3, 0.4) is 0 Å². The Morgan fingerprint density at radius 1 is 1.00 bits per heavy atom. The number of halogens is 2. The second-order valence-corrected chi connectivity index (χ2v) is 20.8. The number of fused-ring (bicyclic) bond motifs is 5. The third-order valence-electron chi connectivity index (χ3n) is 12.3. The van der Waals surface area contributed by atoms with Crippen LogP contribution in [0, 0.1) is 29.0 Å². The number of phenols is 1. The lowest BCUT2D eigenvalue weighted by atomic mass is 9.95. The third-order valence-corrected chi connectivity index (χ3v) is 14.4. The highest BCUT2D eigenvalue weighted by Gasteiger charge is 2.52. The van der Waals surface area contributed by atoms with E-state index in [1.165, 1.54) is 12.3 Å². The number of phenolic OH excluding ortho intramolecular Hbond substituents is 1. The van der Waals surface area contributed by atoms with Gasteiger partial charge in [0.1, 0.15) is 35.6 Å². The number of rotatable bonds is 12. The zero-order valence-electron chi connectivity index (χ0n) is 36.4. The van der Waals surface area contributed by atoms with E-state index in [-0.39, 0.29) is 53.6 Å². The monoisotopic (exact) mass is 890 g/mol. The van der Waals surface area contributed by atoms with Crippen molar-refractivity contribution >= 4 is 47.2 Å². The maximum absolute atomic E-state index is 17.3. The summed E-state index contributed by atoms with van der Waals surface area (Å²) in [6.07, 6.45) is 9.39. The van der Waals surface area contributed by atoms with Crippen LogP contribution in [0.25, 0.3) is 32.9 Å². The van der Waals surface area contributed by atoms with Crippen molar-refractivity contribution in [3.8, 4) is 35.4 Å². The fraction of sp³-hybridized carbons (Fsp3) is 0.533. The maximum atomic E-state index is 17.3. The molecule has 336 valence electrons. The van der Waals surface area contributed by atoms with E-state index < -0.39 is 73.7 Å². The number of anilines is 1.